The van der Waals surface area contributed by atoms with E-state index in [1.807, 2.05) is 36.5 Å². The molecule has 3 heteroatoms. The van der Waals surface area contributed by atoms with Crippen LogP contribution in [-0.4, -0.2) is 15.2 Å². The number of fused-ring (bicyclic) bond motifs is 2. The molecule has 0 saturated heterocycles. The summed E-state index contributed by atoms with van der Waals surface area (Å²) in [6.45, 7) is 0. The number of hydrogen-bond acceptors (Lipinski definition) is 3. The monoisotopic (exact) mass is 257 g/mol. The Balaban J connectivity index is 2.01. The molecule has 4 rings (SSSR count). The second kappa shape index (κ2) is 4.38. The smallest absolute Gasteiger partial charge is 0.119 e. The summed E-state index contributed by atoms with van der Waals surface area (Å²) in [5, 5.41) is 12.8. The van der Waals surface area contributed by atoms with Crippen molar-refractivity contribution in [3.8, 4) is 11.4 Å². The maximum absolute atomic E-state index is 4.52. The van der Waals surface area contributed by atoms with Gasteiger partial charge in [-0.1, -0.05) is 48.5 Å². The van der Waals surface area contributed by atoms with E-state index in [-0.39, 0.29) is 0 Å². The highest BCUT2D eigenvalue weighted by Crippen LogP contribution is 2.26. The largest absolute Gasteiger partial charge is 0.254 e. The second-order valence-electron chi connectivity index (χ2n) is 4.70. The Hall–Kier alpha value is -2.81. The van der Waals surface area contributed by atoms with Gasteiger partial charge in [0.15, 0.2) is 0 Å². The van der Waals surface area contributed by atoms with E-state index >= 15 is 0 Å². The molecule has 2 aromatic carbocycles. The Bertz CT molecular complexity index is 910. The zero-order chi connectivity index (χ0) is 13.4. The van der Waals surface area contributed by atoms with E-state index in [4.69, 9.17) is 0 Å². The molecular weight excluding hydrogens is 246 g/mol. The fraction of sp³-hybridized carbons (Fsp3) is 0. The summed E-state index contributed by atoms with van der Waals surface area (Å²) in [4.78, 5) is 4.52. The first kappa shape index (κ1) is 11.1. The molecule has 0 saturated carbocycles. The summed E-state index contributed by atoms with van der Waals surface area (Å²) in [5.74, 6) is 0. The van der Waals surface area contributed by atoms with Crippen LogP contribution >= 0.6 is 0 Å². The number of benzene rings is 2. The average molecular weight is 257 g/mol. The number of aromatic nitrogens is 3. The lowest BCUT2D eigenvalue weighted by Crippen LogP contribution is -1.92. The first-order chi connectivity index (χ1) is 9.92. The van der Waals surface area contributed by atoms with Gasteiger partial charge in [-0.3, -0.25) is 4.98 Å². The van der Waals surface area contributed by atoms with E-state index in [1.54, 1.807) is 6.20 Å². The molecule has 0 aliphatic rings. The van der Waals surface area contributed by atoms with E-state index in [2.05, 4.69) is 39.4 Å². The van der Waals surface area contributed by atoms with Crippen molar-refractivity contribution in [1.29, 1.82) is 0 Å². The summed E-state index contributed by atoms with van der Waals surface area (Å²) in [7, 11) is 0. The first-order valence-electron chi connectivity index (χ1n) is 6.47. The zero-order valence-corrected chi connectivity index (χ0v) is 10.7. The SMILES string of the molecule is c1ccc2cc(-c3nncc4ccccc34)ncc2c1. The van der Waals surface area contributed by atoms with Gasteiger partial charge in [-0.2, -0.15) is 5.10 Å². The minimum absolute atomic E-state index is 0.828. The third-order valence-corrected chi connectivity index (χ3v) is 3.44. The normalized spacial score (nSPS) is 11.0. The summed E-state index contributed by atoms with van der Waals surface area (Å²) >= 11 is 0. The van der Waals surface area contributed by atoms with E-state index in [0.29, 0.717) is 0 Å². The summed E-state index contributed by atoms with van der Waals surface area (Å²) < 4.78 is 0. The minimum atomic E-state index is 0.828. The van der Waals surface area contributed by atoms with Crippen LogP contribution in [0.25, 0.3) is 32.9 Å². The van der Waals surface area contributed by atoms with E-state index in [1.165, 1.54) is 0 Å². The standard InChI is InChI=1S/C17H11N3/c1-2-6-13-10-18-16(9-12(13)5-1)17-15-8-4-3-7-14(15)11-19-20-17/h1-11H. The van der Waals surface area contributed by atoms with Crippen molar-refractivity contribution in [2.75, 3.05) is 0 Å². The molecule has 3 nitrogen and oxygen atoms in total. The van der Waals surface area contributed by atoms with Crippen molar-refractivity contribution in [2.45, 2.75) is 0 Å². The van der Waals surface area contributed by atoms with Gasteiger partial charge < -0.3 is 0 Å². The Morgan fingerprint density at radius 3 is 2.35 bits per heavy atom. The van der Waals surface area contributed by atoms with Gasteiger partial charge in [-0.05, 0) is 11.5 Å². The molecule has 4 aromatic rings. The van der Waals surface area contributed by atoms with Gasteiger partial charge >= 0.3 is 0 Å². The van der Waals surface area contributed by atoms with Gasteiger partial charge in [-0.25, -0.2) is 0 Å². The molecule has 0 N–H and O–H groups in total. The third kappa shape index (κ3) is 1.72. The minimum Gasteiger partial charge on any atom is -0.254 e. The van der Waals surface area contributed by atoms with Crippen LogP contribution in [-0.2, 0) is 0 Å². The Morgan fingerprint density at radius 1 is 0.700 bits per heavy atom. The quantitative estimate of drug-likeness (QED) is 0.520. The van der Waals surface area contributed by atoms with E-state index in [0.717, 1.165) is 32.9 Å². The van der Waals surface area contributed by atoms with Crippen LogP contribution < -0.4 is 0 Å². The lowest BCUT2D eigenvalue weighted by molar-refractivity contribution is 1.05. The highest BCUT2D eigenvalue weighted by molar-refractivity contribution is 5.95. The van der Waals surface area contributed by atoms with Crippen molar-refractivity contribution in [3.63, 3.8) is 0 Å². The number of hydrogen-bond donors (Lipinski definition) is 0. The Labute approximate surface area is 115 Å². The summed E-state index contributed by atoms with van der Waals surface area (Å²) in [5.41, 5.74) is 1.68. The van der Waals surface area contributed by atoms with Crippen LogP contribution in [0.5, 0.6) is 0 Å². The number of rotatable bonds is 1. The molecule has 2 heterocycles. The van der Waals surface area contributed by atoms with Crippen LogP contribution in [0.4, 0.5) is 0 Å². The van der Waals surface area contributed by atoms with Crippen molar-refractivity contribution in [1.82, 2.24) is 15.2 Å². The lowest BCUT2D eigenvalue weighted by Gasteiger charge is -2.05. The number of nitrogens with zero attached hydrogens (tertiary/aromatic N) is 3. The zero-order valence-electron chi connectivity index (χ0n) is 10.7. The highest BCUT2D eigenvalue weighted by atomic mass is 15.1. The molecule has 2 aromatic heterocycles. The fourth-order valence-electron chi connectivity index (χ4n) is 2.43. The molecule has 0 unspecified atom stereocenters. The Kier molecular flexibility index (Phi) is 2.42. The predicted molar refractivity (Wildman–Crippen MR) is 80.3 cm³/mol. The van der Waals surface area contributed by atoms with Gasteiger partial charge in [-0.15, -0.1) is 5.10 Å². The maximum atomic E-state index is 4.52. The second-order valence-corrected chi connectivity index (χ2v) is 4.70. The molecule has 0 amide bonds. The van der Waals surface area contributed by atoms with Crippen molar-refractivity contribution < 1.29 is 0 Å². The predicted octanol–water partition coefficient (Wildman–Crippen LogP) is 3.85. The van der Waals surface area contributed by atoms with Gasteiger partial charge in [0.25, 0.3) is 0 Å². The summed E-state index contributed by atoms with van der Waals surface area (Å²) in [6, 6.07) is 18.3. The molecule has 0 atom stereocenters. The van der Waals surface area contributed by atoms with Crippen molar-refractivity contribution in [3.05, 3.63) is 67.0 Å². The molecular formula is C17H11N3. The first-order valence-corrected chi connectivity index (χ1v) is 6.47. The van der Waals surface area contributed by atoms with Crippen molar-refractivity contribution in [2.24, 2.45) is 0 Å². The van der Waals surface area contributed by atoms with E-state index in [9.17, 15) is 0 Å². The summed E-state index contributed by atoms with van der Waals surface area (Å²) in [6.07, 6.45) is 3.66. The third-order valence-electron chi connectivity index (χ3n) is 3.44. The van der Waals surface area contributed by atoms with Gasteiger partial charge in [0.2, 0.25) is 0 Å². The highest BCUT2D eigenvalue weighted by Gasteiger charge is 2.07. The van der Waals surface area contributed by atoms with Crippen LogP contribution in [0.1, 0.15) is 0 Å². The van der Waals surface area contributed by atoms with Gasteiger partial charge in [0, 0.05) is 22.4 Å². The fourth-order valence-corrected chi connectivity index (χ4v) is 2.43. The van der Waals surface area contributed by atoms with Gasteiger partial charge in [0.1, 0.15) is 5.69 Å². The molecule has 0 bridgehead atoms. The van der Waals surface area contributed by atoms with E-state index < -0.39 is 0 Å². The van der Waals surface area contributed by atoms with Crippen LogP contribution in [0, 0.1) is 0 Å². The molecule has 0 radical (unpaired) electrons. The van der Waals surface area contributed by atoms with Crippen molar-refractivity contribution >= 4 is 21.5 Å². The molecule has 0 spiro atoms. The number of pyridine rings is 1. The average Bonchev–Trinajstić information content (AvgIpc) is 2.54. The van der Waals surface area contributed by atoms with Gasteiger partial charge in [0.05, 0.1) is 11.9 Å². The Morgan fingerprint density at radius 2 is 1.45 bits per heavy atom. The topological polar surface area (TPSA) is 38.7 Å². The van der Waals surface area contributed by atoms with Crippen LogP contribution in [0.2, 0.25) is 0 Å². The molecule has 0 aliphatic heterocycles. The maximum Gasteiger partial charge on any atom is 0.119 e. The molecule has 20 heavy (non-hydrogen) atoms. The lowest BCUT2D eigenvalue weighted by atomic mass is 10.1. The molecule has 0 aliphatic carbocycles. The molecule has 94 valence electrons. The van der Waals surface area contributed by atoms with Crippen LogP contribution in [0.15, 0.2) is 67.0 Å². The molecule has 0 fully saturated rings. The van der Waals surface area contributed by atoms with Crippen LogP contribution in [0.3, 0.4) is 0 Å².